The first kappa shape index (κ1) is 13.3. The topological polar surface area (TPSA) is 38.7 Å². The zero-order chi connectivity index (χ0) is 11.4. The summed E-state index contributed by atoms with van der Waals surface area (Å²) < 4.78 is 22.4. The van der Waals surface area contributed by atoms with Crippen LogP contribution in [0.1, 0.15) is 13.3 Å². The summed E-state index contributed by atoms with van der Waals surface area (Å²) in [4.78, 5) is -1.29. The first-order valence-electron chi connectivity index (χ1n) is 3.92. The van der Waals surface area contributed by atoms with Crippen LogP contribution in [0.4, 0.5) is 4.39 Å². The van der Waals surface area contributed by atoms with Crippen molar-refractivity contribution >= 4 is 12.6 Å². The van der Waals surface area contributed by atoms with Gasteiger partial charge < -0.3 is 14.6 Å². The Balaban J connectivity index is 4.90. The number of thiol groups is 1. The molecule has 0 amide bonds. The van der Waals surface area contributed by atoms with Gasteiger partial charge in [-0.2, -0.15) is 0 Å². The lowest BCUT2D eigenvalue weighted by atomic mass is 10.2. The normalized spacial score (nSPS) is 16.7. The molecular formula is C9H15FO3S. The van der Waals surface area contributed by atoms with Gasteiger partial charge in [0.1, 0.15) is 10.7 Å². The zero-order valence-corrected chi connectivity index (χ0v) is 9.40. The second-order valence-corrected chi connectivity index (χ2v) is 3.92. The van der Waals surface area contributed by atoms with E-state index in [0.717, 1.165) is 0 Å². The number of hydrogen-bond acceptors (Lipinski definition) is 4. The van der Waals surface area contributed by atoms with Gasteiger partial charge in [0.25, 0.3) is 0 Å². The number of halogens is 1. The highest BCUT2D eigenvalue weighted by Gasteiger charge is 2.22. The van der Waals surface area contributed by atoms with Crippen LogP contribution in [0.15, 0.2) is 23.9 Å². The van der Waals surface area contributed by atoms with Crippen molar-refractivity contribution in [2.75, 3.05) is 14.2 Å². The Morgan fingerprint density at radius 1 is 1.50 bits per heavy atom. The summed E-state index contributed by atoms with van der Waals surface area (Å²) >= 11 is 3.88. The molecule has 82 valence electrons. The Morgan fingerprint density at radius 3 is 2.21 bits per heavy atom. The van der Waals surface area contributed by atoms with Crippen molar-refractivity contribution in [3.05, 3.63) is 23.9 Å². The van der Waals surface area contributed by atoms with Gasteiger partial charge in [0.05, 0.1) is 14.2 Å². The monoisotopic (exact) mass is 222 g/mol. The summed E-state index contributed by atoms with van der Waals surface area (Å²) in [6.07, 6.45) is 0.0265. The fraction of sp³-hybridized carbons (Fsp3) is 0.556. The van der Waals surface area contributed by atoms with Gasteiger partial charge in [-0.05, 0) is 6.92 Å². The van der Waals surface area contributed by atoms with E-state index in [9.17, 15) is 9.50 Å². The standard InChI is InChI=1S/C9H15FO3S/c1-6(10)8(13-4)7(12-3)5-9(2,11)14/h11,14H,1,5H2,2-4H3/b8-7-. The second kappa shape index (κ2) is 5.26. The van der Waals surface area contributed by atoms with Crippen LogP contribution in [0.2, 0.25) is 0 Å². The molecule has 0 bridgehead atoms. The lowest BCUT2D eigenvalue weighted by Gasteiger charge is -2.19. The number of hydrogen-bond donors (Lipinski definition) is 2. The van der Waals surface area contributed by atoms with E-state index in [-0.39, 0.29) is 17.9 Å². The summed E-state index contributed by atoms with van der Waals surface area (Å²) in [5, 5.41) is 9.39. The highest BCUT2D eigenvalue weighted by molar-refractivity contribution is 7.81. The summed E-state index contributed by atoms with van der Waals surface area (Å²) in [7, 11) is 2.66. The first-order chi connectivity index (χ1) is 6.31. The maximum absolute atomic E-state index is 12.8. The van der Waals surface area contributed by atoms with Crippen molar-refractivity contribution in [2.45, 2.75) is 18.3 Å². The molecule has 0 fully saturated rings. The Bertz CT molecular complexity index is 243. The quantitative estimate of drug-likeness (QED) is 0.323. The van der Waals surface area contributed by atoms with Gasteiger partial charge in [-0.25, -0.2) is 4.39 Å². The van der Waals surface area contributed by atoms with E-state index in [1.807, 2.05) is 0 Å². The molecule has 5 heteroatoms. The predicted molar refractivity (Wildman–Crippen MR) is 55.5 cm³/mol. The fourth-order valence-corrected chi connectivity index (χ4v) is 1.07. The van der Waals surface area contributed by atoms with E-state index in [1.54, 1.807) is 0 Å². The molecule has 0 aliphatic heterocycles. The van der Waals surface area contributed by atoms with Crippen LogP contribution in [-0.4, -0.2) is 24.3 Å². The summed E-state index contributed by atoms with van der Waals surface area (Å²) in [5.41, 5.74) is 0. The van der Waals surface area contributed by atoms with E-state index in [0.29, 0.717) is 0 Å². The minimum Gasteiger partial charge on any atom is -0.497 e. The third kappa shape index (κ3) is 4.53. The minimum atomic E-state index is -1.29. The molecule has 0 spiro atoms. The average Bonchev–Trinajstić information content (AvgIpc) is 2.00. The molecule has 0 radical (unpaired) electrons. The number of allylic oxidation sites excluding steroid dienone is 1. The number of ether oxygens (including phenoxy) is 2. The summed E-state index contributed by atoms with van der Waals surface area (Å²) in [5.74, 6) is -0.691. The molecule has 0 aliphatic carbocycles. The van der Waals surface area contributed by atoms with Crippen molar-refractivity contribution in [1.29, 1.82) is 0 Å². The van der Waals surface area contributed by atoms with E-state index in [2.05, 4.69) is 19.2 Å². The van der Waals surface area contributed by atoms with Crippen LogP contribution in [0.3, 0.4) is 0 Å². The SMILES string of the molecule is C=C(F)/C(OC)=C(\CC(C)(O)S)OC. The highest BCUT2D eigenvalue weighted by atomic mass is 32.1. The Hall–Kier alpha value is -0.680. The number of methoxy groups -OCH3 is 2. The molecule has 0 aliphatic rings. The molecule has 0 aromatic heterocycles. The molecule has 0 heterocycles. The first-order valence-corrected chi connectivity index (χ1v) is 4.37. The van der Waals surface area contributed by atoms with Crippen LogP contribution in [0.5, 0.6) is 0 Å². The minimum absolute atomic E-state index is 0.0265. The Kier molecular flexibility index (Phi) is 5.01. The highest BCUT2D eigenvalue weighted by Crippen LogP contribution is 2.26. The third-order valence-corrected chi connectivity index (χ3v) is 1.60. The van der Waals surface area contributed by atoms with Crippen molar-refractivity contribution in [1.82, 2.24) is 0 Å². The van der Waals surface area contributed by atoms with Gasteiger partial charge in [-0.3, -0.25) is 0 Å². The Morgan fingerprint density at radius 2 is 2.00 bits per heavy atom. The summed E-state index contributed by atoms with van der Waals surface area (Å²) in [6.45, 7) is 4.55. The maximum Gasteiger partial charge on any atom is 0.191 e. The van der Waals surface area contributed by atoms with Crippen LogP contribution in [-0.2, 0) is 9.47 Å². The van der Waals surface area contributed by atoms with Gasteiger partial charge in [0.2, 0.25) is 0 Å². The van der Waals surface area contributed by atoms with Crippen molar-refractivity contribution < 1.29 is 19.0 Å². The average molecular weight is 222 g/mol. The van der Waals surface area contributed by atoms with Crippen LogP contribution < -0.4 is 0 Å². The largest absolute Gasteiger partial charge is 0.497 e. The van der Waals surface area contributed by atoms with Gasteiger partial charge in [0.15, 0.2) is 11.6 Å². The third-order valence-electron chi connectivity index (χ3n) is 1.45. The lowest BCUT2D eigenvalue weighted by Crippen LogP contribution is -2.17. The van der Waals surface area contributed by atoms with Crippen LogP contribution >= 0.6 is 12.6 Å². The maximum atomic E-state index is 12.8. The number of rotatable bonds is 5. The van der Waals surface area contributed by atoms with Crippen molar-refractivity contribution in [3.63, 3.8) is 0 Å². The molecule has 14 heavy (non-hydrogen) atoms. The van der Waals surface area contributed by atoms with Crippen LogP contribution in [0.25, 0.3) is 0 Å². The molecule has 1 unspecified atom stereocenters. The van der Waals surface area contributed by atoms with Gasteiger partial charge in [-0.15, -0.1) is 12.6 Å². The fourth-order valence-electron chi connectivity index (χ4n) is 0.925. The van der Waals surface area contributed by atoms with E-state index < -0.39 is 10.8 Å². The smallest absolute Gasteiger partial charge is 0.191 e. The molecule has 0 rings (SSSR count). The zero-order valence-electron chi connectivity index (χ0n) is 8.50. The van der Waals surface area contributed by atoms with Gasteiger partial charge >= 0.3 is 0 Å². The predicted octanol–water partition coefficient (Wildman–Crippen LogP) is 2.00. The number of aliphatic hydroxyl groups is 1. The molecule has 0 aromatic rings. The molecule has 3 nitrogen and oxygen atoms in total. The van der Waals surface area contributed by atoms with Crippen molar-refractivity contribution in [2.24, 2.45) is 0 Å². The Labute approximate surface area is 88.6 Å². The molecule has 1 atom stereocenters. The molecule has 0 saturated heterocycles. The van der Waals surface area contributed by atoms with Crippen molar-refractivity contribution in [3.8, 4) is 0 Å². The molecule has 0 saturated carbocycles. The molecular weight excluding hydrogens is 207 g/mol. The second-order valence-electron chi connectivity index (χ2n) is 2.96. The van der Waals surface area contributed by atoms with E-state index in [1.165, 1.54) is 21.1 Å². The van der Waals surface area contributed by atoms with E-state index >= 15 is 0 Å². The van der Waals surface area contributed by atoms with Gasteiger partial charge in [-0.1, -0.05) is 6.58 Å². The summed E-state index contributed by atoms with van der Waals surface area (Å²) in [6, 6.07) is 0. The lowest BCUT2D eigenvalue weighted by molar-refractivity contribution is 0.124. The van der Waals surface area contributed by atoms with Crippen LogP contribution in [0, 0.1) is 0 Å². The van der Waals surface area contributed by atoms with Gasteiger partial charge in [0, 0.05) is 6.42 Å². The molecule has 1 N–H and O–H groups in total. The van der Waals surface area contributed by atoms with E-state index in [4.69, 9.17) is 9.47 Å². The molecule has 0 aromatic carbocycles.